The first kappa shape index (κ1) is 18.1. The summed E-state index contributed by atoms with van der Waals surface area (Å²) in [6.07, 6.45) is 2.58. The molecule has 0 aromatic heterocycles. The fourth-order valence-electron chi connectivity index (χ4n) is 3.38. The minimum Gasteiger partial charge on any atom is -0.326 e. The molecule has 0 bridgehead atoms. The van der Waals surface area contributed by atoms with Crippen molar-refractivity contribution in [1.29, 1.82) is 0 Å². The summed E-state index contributed by atoms with van der Waals surface area (Å²) in [7, 11) is 0. The van der Waals surface area contributed by atoms with Gasteiger partial charge in [0.15, 0.2) is 0 Å². The van der Waals surface area contributed by atoms with Crippen LogP contribution in [0.5, 0.6) is 0 Å². The maximum atomic E-state index is 13.7. The molecule has 0 saturated heterocycles. The van der Waals surface area contributed by atoms with E-state index in [1.165, 1.54) is 6.07 Å². The first-order valence-corrected chi connectivity index (χ1v) is 8.96. The van der Waals surface area contributed by atoms with Gasteiger partial charge in [0.25, 0.3) is 0 Å². The quantitative estimate of drug-likeness (QED) is 0.848. The predicted molar refractivity (Wildman–Crippen MR) is 100 cm³/mol. The summed E-state index contributed by atoms with van der Waals surface area (Å²) >= 11 is 0. The van der Waals surface area contributed by atoms with E-state index in [4.69, 9.17) is 0 Å². The number of nitrogens with one attached hydrogen (secondary N) is 2. The van der Waals surface area contributed by atoms with E-state index in [0.717, 1.165) is 11.3 Å². The SMILES string of the molecule is Cc1cccc(NC(=O)C2CCC(C(=O)Nc3ccccc3F)CC2)c1. The molecule has 26 heavy (non-hydrogen) atoms. The van der Waals surface area contributed by atoms with Crippen LogP contribution in [0.3, 0.4) is 0 Å². The molecule has 0 unspecified atom stereocenters. The largest absolute Gasteiger partial charge is 0.326 e. The monoisotopic (exact) mass is 354 g/mol. The summed E-state index contributed by atoms with van der Waals surface area (Å²) in [6.45, 7) is 1.98. The molecule has 0 heterocycles. The van der Waals surface area contributed by atoms with Crippen LogP contribution in [0, 0.1) is 24.6 Å². The Labute approximate surface area is 152 Å². The van der Waals surface area contributed by atoms with Crippen molar-refractivity contribution in [2.24, 2.45) is 11.8 Å². The molecule has 0 radical (unpaired) electrons. The van der Waals surface area contributed by atoms with Crippen LogP contribution in [0.4, 0.5) is 15.8 Å². The molecule has 3 rings (SSSR count). The molecule has 2 amide bonds. The maximum Gasteiger partial charge on any atom is 0.227 e. The van der Waals surface area contributed by atoms with Crippen LogP contribution in [0.15, 0.2) is 48.5 Å². The van der Waals surface area contributed by atoms with Gasteiger partial charge in [-0.15, -0.1) is 0 Å². The number of amides is 2. The second-order valence-corrected chi connectivity index (χ2v) is 6.88. The van der Waals surface area contributed by atoms with Crippen LogP contribution in [0.25, 0.3) is 0 Å². The number of carbonyl (C=O) groups is 2. The number of benzene rings is 2. The molecule has 0 atom stereocenters. The van der Waals surface area contributed by atoms with Crippen molar-refractivity contribution in [3.63, 3.8) is 0 Å². The molecular formula is C21H23FN2O2. The van der Waals surface area contributed by atoms with Gasteiger partial charge in [0.1, 0.15) is 5.82 Å². The highest BCUT2D eigenvalue weighted by molar-refractivity contribution is 5.94. The normalized spacial score (nSPS) is 19.6. The predicted octanol–water partition coefficient (Wildman–Crippen LogP) is 4.52. The molecule has 2 aromatic rings. The minimum atomic E-state index is -0.438. The molecule has 1 saturated carbocycles. The minimum absolute atomic E-state index is 0.00330. The highest BCUT2D eigenvalue weighted by Gasteiger charge is 2.30. The Kier molecular flexibility index (Phi) is 5.66. The standard InChI is InChI=1S/C21H23FN2O2/c1-14-5-4-6-17(13-14)23-20(25)15-9-11-16(12-10-15)21(26)24-19-8-3-2-7-18(19)22/h2-8,13,15-16H,9-12H2,1H3,(H,23,25)(H,24,26). The first-order valence-electron chi connectivity index (χ1n) is 8.96. The zero-order chi connectivity index (χ0) is 18.5. The number of halogens is 1. The Balaban J connectivity index is 1.51. The van der Waals surface area contributed by atoms with E-state index >= 15 is 0 Å². The van der Waals surface area contributed by atoms with Crippen LogP contribution in [0.2, 0.25) is 0 Å². The van der Waals surface area contributed by atoms with E-state index < -0.39 is 5.82 Å². The van der Waals surface area contributed by atoms with Gasteiger partial charge >= 0.3 is 0 Å². The Hall–Kier alpha value is -2.69. The van der Waals surface area contributed by atoms with Crippen molar-refractivity contribution in [2.45, 2.75) is 32.6 Å². The topological polar surface area (TPSA) is 58.2 Å². The Morgan fingerprint density at radius 3 is 2.12 bits per heavy atom. The molecule has 2 aromatic carbocycles. The lowest BCUT2D eigenvalue weighted by Gasteiger charge is -2.27. The van der Waals surface area contributed by atoms with Gasteiger partial charge in [-0.1, -0.05) is 24.3 Å². The number of para-hydroxylation sites is 1. The van der Waals surface area contributed by atoms with Crippen LogP contribution in [0.1, 0.15) is 31.2 Å². The molecular weight excluding hydrogens is 331 g/mol. The lowest BCUT2D eigenvalue weighted by atomic mass is 9.81. The van der Waals surface area contributed by atoms with Crippen molar-refractivity contribution >= 4 is 23.2 Å². The second-order valence-electron chi connectivity index (χ2n) is 6.88. The lowest BCUT2D eigenvalue weighted by molar-refractivity contribution is -0.125. The summed E-state index contributed by atoms with van der Waals surface area (Å²) < 4.78 is 13.7. The third-order valence-corrected chi connectivity index (χ3v) is 4.89. The highest BCUT2D eigenvalue weighted by atomic mass is 19.1. The molecule has 4 nitrogen and oxygen atoms in total. The van der Waals surface area contributed by atoms with Crippen LogP contribution in [-0.2, 0) is 9.59 Å². The average Bonchev–Trinajstić information content (AvgIpc) is 2.64. The molecule has 1 aliphatic rings. The fourth-order valence-corrected chi connectivity index (χ4v) is 3.38. The van der Waals surface area contributed by atoms with Gasteiger partial charge in [0.05, 0.1) is 5.69 Å². The zero-order valence-electron chi connectivity index (χ0n) is 14.8. The summed E-state index contributed by atoms with van der Waals surface area (Å²) in [4.78, 5) is 24.8. The van der Waals surface area contributed by atoms with Gasteiger partial charge in [-0.3, -0.25) is 9.59 Å². The van der Waals surface area contributed by atoms with Gasteiger partial charge in [-0.2, -0.15) is 0 Å². The molecule has 2 N–H and O–H groups in total. The Bertz CT molecular complexity index is 798. The van der Waals surface area contributed by atoms with E-state index in [2.05, 4.69) is 10.6 Å². The summed E-state index contributed by atoms with van der Waals surface area (Å²) in [5.74, 6) is -0.881. The van der Waals surface area contributed by atoms with Crippen LogP contribution in [-0.4, -0.2) is 11.8 Å². The second kappa shape index (κ2) is 8.13. The summed E-state index contributed by atoms with van der Waals surface area (Å²) in [5.41, 5.74) is 2.10. The number of hydrogen-bond acceptors (Lipinski definition) is 2. The number of anilines is 2. The molecule has 1 fully saturated rings. The van der Waals surface area contributed by atoms with E-state index in [1.54, 1.807) is 18.2 Å². The Morgan fingerprint density at radius 1 is 0.885 bits per heavy atom. The summed E-state index contributed by atoms with van der Waals surface area (Å²) in [6, 6.07) is 13.8. The van der Waals surface area contributed by atoms with Crippen LogP contribution < -0.4 is 10.6 Å². The smallest absolute Gasteiger partial charge is 0.227 e. The molecule has 1 aliphatic carbocycles. The lowest BCUT2D eigenvalue weighted by Crippen LogP contribution is -2.32. The number of aryl methyl sites for hydroxylation is 1. The van der Waals surface area contributed by atoms with E-state index in [1.807, 2.05) is 31.2 Å². The number of rotatable bonds is 4. The van der Waals surface area contributed by atoms with Gasteiger partial charge in [-0.25, -0.2) is 4.39 Å². The van der Waals surface area contributed by atoms with E-state index in [0.29, 0.717) is 25.7 Å². The molecule has 5 heteroatoms. The van der Waals surface area contributed by atoms with E-state index in [-0.39, 0.29) is 29.3 Å². The Morgan fingerprint density at radius 2 is 1.50 bits per heavy atom. The van der Waals surface area contributed by atoms with Crippen LogP contribution >= 0.6 is 0 Å². The first-order chi connectivity index (χ1) is 12.5. The van der Waals surface area contributed by atoms with Gasteiger partial charge in [0.2, 0.25) is 11.8 Å². The number of hydrogen-bond donors (Lipinski definition) is 2. The van der Waals surface area contributed by atoms with Gasteiger partial charge in [-0.05, 0) is 62.4 Å². The van der Waals surface area contributed by atoms with Crippen molar-refractivity contribution < 1.29 is 14.0 Å². The third-order valence-electron chi connectivity index (χ3n) is 4.89. The highest BCUT2D eigenvalue weighted by Crippen LogP contribution is 2.31. The molecule has 0 spiro atoms. The van der Waals surface area contributed by atoms with Crippen molar-refractivity contribution in [2.75, 3.05) is 10.6 Å². The average molecular weight is 354 g/mol. The maximum absolute atomic E-state index is 13.7. The van der Waals surface area contributed by atoms with Crippen molar-refractivity contribution in [1.82, 2.24) is 0 Å². The van der Waals surface area contributed by atoms with E-state index in [9.17, 15) is 14.0 Å². The van der Waals surface area contributed by atoms with Crippen molar-refractivity contribution in [3.05, 3.63) is 59.9 Å². The summed E-state index contributed by atoms with van der Waals surface area (Å²) in [5, 5.41) is 5.61. The molecule has 0 aliphatic heterocycles. The fraction of sp³-hybridized carbons (Fsp3) is 0.333. The third kappa shape index (κ3) is 4.48. The zero-order valence-corrected chi connectivity index (χ0v) is 14.8. The van der Waals surface area contributed by atoms with Gasteiger partial charge in [0, 0.05) is 17.5 Å². The van der Waals surface area contributed by atoms with Crippen molar-refractivity contribution in [3.8, 4) is 0 Å². The number of carbonyl (C=O) groups excluding carboxylic acids is 2. The molecule has 136 valence electrons. The van der Waals surface area contributed by atoms with Gasteiger partial charge < -0.3 is 10.6 Å².